The molecule has 2 amide bonds. The average molecular weight is 259 g/mol. The van der Waals surface area contributed by atoms with Crippen LogP contribution in [0.2, 0.25) is 0 Å². The van der Waals surface area contributed by atoms with E-state index in [4.69, 9.17) is 15.0 Å². The molecule has 17 heavy (non-hydrogen) atoms. The van der Waals surface area contributed by atoms with Gasteiger partial charge in [-0.2, -0.15) is 0 Å². The third-order valence-corrected chi connectivity index (χ3v) is 1.06. The van der Waals surface area contributed by atoms with Gasteiger partial charge in [0.05, 0.1) is 13.3 Å². The predicted molar refractivity (Wildman–Crippen MR) is 57.6 cm³/mol. The van der Waals surface area contributed by atoms with Crippen molar-refractivity contribution in [2.24, 2.45) is 11.5 Å². The number of nitrogens with one attached hydrogen (secondary N) is 2. The van der Waals surface area contributed by atoms with Crippen molar-refractivity contribution < 1.29 is 49.4 Å². The first-order chi connectivity index (χ1) is 7.50. The molecule has 1 saturated heterocycles. The molecule has 0 aliphatic carbocycles. The largest absolute Gasteiger partial charge is 1.00 e. The van der Waals surface area contributed by atoms with E-state index in [0.29, 0.717) is 0 Å². The van der Waals surface area contributed by atoms with Crippen molar-refractivity contribution in [3.05, 3.63) is 5.32 Å². The molecular weight excluding hydrogens is 241 g/mol. The minimum absolute atomic E-state index is 0. The van der Waals surface area contributed by atoms with Crippen LogP contribution in [0.15, 0.2) is 0 Å². The first-order valence-electron chi connectivity index (χ1n) is 4.43. The third-order valence-electron chi connectivity index (χ3n) is 1.06. The third kappa shape index (κ3) is 39.0. The number of rotatable bonds is 3. The van der Waals surface area contributed by atoms with E-state index in [-0.39, 0.29) is 42.8 Å². The molecule has 10 heteroatoms. The van der Waals surface area contributed by atoms with Crippen molar-refractivity contribution in [1.29, 1.82) is 0 Å². The Hall–Kier alpha value is -0.420. The summed E-state index contributed by atoms with van der Waals surface area (Å²) in [5.74, 6) is -0.964. The number of primary amides is 2. The molecule has 0 aromatic rings. The van der Waals surface area contributed by atoms with E-state index in [9.17, 15) is 4.79 Å². The minimum Gasteiger partial charge on any atom is -0.649 e. The number of hydrogen-bond donors (Lipinski definition) is 6. The summed E-state index contributed by atoms with van der Waals surface area (Å²) in [5.41, 5.74) is 8.50. The van der Waals surface area contributed by atoms with Crippen LogP contribution in [0.25, 0.3) is 5.32 Å². The van der Waals surface area contributed by atoms with Crippen molar-refractivity contribution in [2.45, 2.75) is 0 Å². The zero-order valence-corrected chi connectivity index (χ0v) is 11.8. The fraction of sp³-hybridized carbons (Fsp3) is 0.714. The maximum atomic E-state index is 9.58. The summed E-state index contributed by atoms with van der Waals surface area (Å²) in [6.45, 7) is 2.50. The minimum atomic E-state index is -0.964. The van der Waals surface area contributed by atoms with E-state index in [1.165, 1.54) is 0 Å². The first-order valence-corrected chi connectivity index (χ1v) is 4.43. The van der Waals surface area contributed by atoms with Gasteiger partial charge in [-0.3, -0.25) is 10.1 Å². The Kier molecular flexibility index (Phi) is 23.1. The number of nitrogens with two attached hydrogens (primary N) is 2. The van der Waals surface area contributed by atoms with Gasteiger partial charge in [-0.15, -0.1) is 6.54 Å². The molecule has 0 bridgehead atoms. The van der Waals surface area contributed by atoms with E-state index in [1.54, 1.807) is 0 Å². The topological polar surface area (TPSA) is 165 Å². The molecule has 1 fully saturated rings. The number of aliphatic carboxylic acids is 1. The zero-order chi connectivity index (χ0) is 12.8. The summed E-state index contributed by atoms with van der Waals surface area (Å²) in [4.78, 5) is 18.6. The van der Waals surface area contributed by atoms with Crippen LogP contribution in [0.5, 0.6) is 0 Å². The summed E-state index contributed by atoms with van der Waals surface area (Å²) in [5, 5.41) is 25.0. The number of aliphatic hydroxyl groups excluding tert-OH is 1. The Bertz CT molecular complexity index is 179. The number of carbonyl (C=O) groups excluding carboxylic acids is 1. The van der Waals surface area contributed by atoms with Crippen LogP contribution in [0.4, 0.5) is 4.79 Å². The fourth-order valence-electron chi connectivity index (χ4n) is 0.558. The van der Waals surface area contributed by atoms with Crippen molar-refractivity contribution in [3.63, 3.8) is 0 Å². The maximum absolute atomic E-state index is 9.58. The summed E-state index contributed by atoms with van der Waals surface area (Å²) >= 11 is 0. The SMILES string of the molecule is C1CNC[N-]1.NC(N)=O.O=C(O)CNCO.[Na+]. The molecule has 9 nitrogen and oxygen atoms in total. The zero-order valence-electron chi connectivity index (χ0n) is 9.85. The second-order valence-corrected chi connectivity index (χ2v) is 2.49. The molecule has 0 aromatic heterocycles. The van der Waals surface area contributed by atoms with E-state index >= 15 is 0 Å². The molecule has 96 valence electrons. The van der Waals surface area contributed by atoms with Crippen molar-refractivity contribution >= 4 is 12.0 Å². The summed E-state index contributed by atoms with van der Waals surface area (Å²) in [7, 11) is 0. The Morgan fingerprint density at radius 1 is 1.41 bits per heavy atom. The van der Waals surface area contributed by atoms with Crippen LogP contribution in [0.1, 0.15) is 0 Å². The van der Waals surface area contributed by atoms with Gasteiger partial charge in [0.1, 0.15) is 0 Å². The quantitative estimate of drug-likeness (QED) is 0.218. The van der Waals surface area contributed by atoms with Gasteiger partial charge in [0.25, 0.3) is 0 Å². The van der Waals surface area contributed by atoms with Gasteiger partial charge >= 0.3 is 41.6 Å². The molecule has 0 spiro atoms. The van der Waals surface area contributed by atoms with E-state index in [2.05, 4.69) is 27.4 Å². The fourth-order valence-corrected chi connectivity index (χ4v) is 0.558. The second kappa shape index (κ2) is 18.0. The Morgan fingerprint density at radius 2 is 1.94 bits per heavy atom. The molecule has 1 rings (SSSR count). The smallest absolute Gasteiger partial charge is 0.649 e. The average Bonchev–Trinajstić information content (AvgIpc) is 2.71. The number of urea groups is 1. The van der Waals surface area contributed by atoms with Crippen LogP contribution in [0, 0.1) is 0 Å². The molecule has 0 aromatic carbocycles. The van der Waals surface area contributed by atoms with Crippen LogP contribution >= 0.6 is 0 Å². The number of carbonyl (C=O) groups is 2. The molecule has 1 heterocycles. The summed E-state index contributed by atoms with van der Waals surface area (Å²) in [6, 6.07) is -0.833. The molecule has 0 saturated carbocycles. The molecule has 0 atom stereocenters. The van der Waals surface area contributed by atoms with E-state index in [0.717, 1.165) is 19.8 Å². The Balaban J connectivity index is -0.000000175. The number of carboxylic acid groups (broad SMARTS) is 1. The van der Waals surface area contributed by atoms with Gasteiger partial charge in [-0.25, -0.2) is 4.79 Å². The monoisotopic (exact) mass is 259 g/mol. The van der Waals surface area contributed by atoms with Crippen LogP contribution in [0.3, 0.4) is 0 Å². The normalized spacial score (nSPS) is 12.1. The van der Waals surface area contributed by atoms with Crippen LogP contribution < -0.4 is 51.7 Å². The standard InChI is InChI=1S/C3H7N2.C3H7NO3.CH4N2O.Na/c1-2-5-3-4-1;5-2-4-1-3(6)7;2-1(3)4;/h4H,1-3H2;4-5H,1-2H2,(H,6,7);(H4,2,3,4);/q-1;;;+1. The predicted octanol–water partition coefficient (Wildman–Crippen LogP) is -5.44. The number of nitrogens with zero attached hydrogens (tertiary/aromatic N) is 1. The van der Waals surface area contributed by atoms with Crippen molar-refractivity contribution in [1.82, 2.24) is 10.6 Å². The molecular formula is C7H18N5NaO4. The van der Waals surface area contributed by atoms with Gasteiger partial charge in [0.2, 0.25) is 0 Å². The van der Waals surface area contributed by atoms with Crippen molar-refractivity contribution in [2.75, 3.05) is 33.0 Å². The molecule has 1 aliphatic heterocycles. The summed E-state index contributed by atoms with van der Waals surface area (Å²) in [6.07, 6.45) is 0. The van der Waals surface area contributed by atoms with Gasteiger partial charge in [-0.1, -0.05) is 6.67 Å². The maximum Gasteiger partial charge on any atom is 1.00 e. The first kappa shape index (κ1) is 21.8. The second-order valence-electron chi connectivity index (χ2n) is 2.49. The van der Waals surface area contributed by atoms with Crippen LogP contribution in [-0.4, -0.2) is 55.2 Å². The summed E-state index contributed by atoms with van der Waals surface area (Å²) < 4.78 is 0. The van der Waals surface area contributed by atoms with Gasteiger partial charge in [0, 0.05) is 0 Å². The Morgan fingerprint density at radius 3 is 2.06 bits per heavy atom. The molecule has 0 unspecified atom stereocenters. The van der Waals surface area contributed by atoms with Gasteiger partial charge in [-0.05, 0) is 6.54 Å². The van der Waals surface area contributed by atoms with E-state index < -0.39 is 12.0 Å². The number of carboxylic acids is 1. The van der Waals surface area contributed by atoms with Gasteiger partial charge < -0.3 is 32.3 Å². The number of amides is 2. The number of hydrogen-bond acceptors (Lipinski definition) is 5. The number of aliphatic hydroxyl groups is 1. The van der Waals surface area contributed by atoms with Gasteiger partial charge in [0.15, 0.2) is 0 Å². The molecule has 8 N–H and O–H groups in total. The molecule has 1 aliphatic rings. The Labute approximate surface area is 122 Å². The van der Waals surface area contributed by atoms with E-state index in [1.807, 2.05) is 0 Å². The van der Waals surface area contributed by atoms with Crippen LogP contribution in [-0.2, 0) is 4.79 Å². The van der Waals surface area contributed by atoms with Crippen molar-refractivity contribution in [3.8, 4) is 0 Å². The molecule has 0 radical (unpaired) electrons.